The van der Waals surface area contributed by atoms with Crippen LogP contribution in [0, 0.1) is 6.92 Å². The van der Waals surface area contributed by atoms with Gasteiger partial charge in [0.2, 0.25) is 0 Å². The van der Waals surface area contributed by atoms with Crippen molar-refractivity contribution in [1.82, 2.24) is 14.9 Å². The van der Waals surface area contributed by atoms with Gasteiger partial charge in [0, 0.05) is 49.2 Å². The Balaban J connectivity index is 1.45. The van der Waals surface area contributed by atoms with E-state index in [1.807, 2.05) is 18.3 Å². The topological polar surface area (TPSA) is 32.3 Å². The van der Waals surface area contributed by atoms with Gasteiger partial charge in [-0.2, -0.15) is 0 Å². The van der Waals surface area contributed by atoms with Gasteiger partial charge in [0.15, 0.2) is 0 Å². The maximum atomic E-state index is 4.42. The zero-order valence-electron chi connectivity index (χ0n) is 14.1. The molecule has 124 valence electrons. The molecule has 0 amide bonds. The van der Waals surface area contributed by atoms with E-state index in [-0.39, 0.29) is 0 Å². The van der Waals surface area contributed by atoms with Crippen LogP contribution in [0.2, 0.25) is 0 Å². The molecule has 0 saturated carbocycles. The van der Waals surface area contributed by atoms with Crippen molar-refractivity contribution in [3.63, 3.8) is 0 Å². The standard InChI is InChI=1S/C19H22N4S/c1-14-9-19(21-13-20-14)22(2)16-7-8-23(11-16)10-15-12-24-18-6-4-3-5-17(15)18/h3-6,9,12-13,16H,7-8,10-11H2,1-2H3. The quantitative estimate of drug-likeness (QED) is 0.726. The highest BCUT2D eigenvalue weighted by atomic mass is 32.1. The van der Waals surface area contributed by atoms with E-state index in [1.165, 1.54) is 22.1 Å². The third kappa shape index (κ3) is 3.01. The molecule has 0 radical (unpaired) electrons. The lowest BCUT2D eigenvalue weighted by atomic mass is 10.2. The van der Waals surface area contributed by atoms with Gasteiger partial charge in [0.1, 0.15) is 12.1 Å². The average Bonchev–Trinajstić information content (AvgIpc) is 3.22. The van der Waals surface area contributed by atoms with E-state index < -0.39 is 0 Å². The molecule has 1 fully saturated rings. The van der Waals surface area contributed by atoms with Crippen LogP contribution in [0.1, 0.15) is 17.7 Å². The number of thiophene rings is 1. The van der Waals surface area contributed by atoms with Crippen molar-refractivity contribution >= 4 is 27.2 Å². The van der Waals surface area contributed by atoms with Crippen LogP contribution in [0.15, 0.2) is 42.0 Å². The summed E-state index contributed by atoms with van der Waals surface area (Å²) in [7, 11) is 2.15. The Labute approximate surface area is 146 Å². The number of fused-ring (bicyclic) bond motifs is 1. The third-order valence-electron chi connectivity index (χ3n) is 4.90. The highest BCUT2D eigenvalue weighted by Gasteiger charge is 2.27. The smallest absolute Gasteiger partial charge is 0.132 e. The van der Waals surface area contributed by atoms with Gasteiger partial charge in [-0.3, -0.25) is 4.90 Å². The van der Waals surface area contributed by atoms with Crippen molar-refractivity contribution < 1.29 is 0 Å². The van der Waals surface area contributed by atoms with Gasteiger partial charge in [-0.05, 0) is 35.7 Å². The van der Waals surface area contributed by atoms with E-state index in [0.29, 0.717) is 6.04 Å². The fourth-order valence-corrected chi connectivity index (χ4v) is 4.44. The summed E-state index contributed by atoms with van der Waals surface area (Å²) in [6, 6.07) is 11.3. The lowest BCUT2D eigenvalue weighted by Crippen LogP contribution is -2.35. The maximum Gasteiger partial charge on any atom is 0.132 e. The molecule has 3 aromatic rings. The summed E-state index contributed by atoms with van der Waals surface area (Å²) >= 11 is 1.85. The first-order valence-electron chi connectivity index (χ1n) is 8.39. The predicted octanol–water partition coefficient (Wildman–Crippen LogP) is 3.71. The SMILES string of the molecule is Cc1cc(N(C)C2CCN(Cc3csc4ccccc34)C2)ncn1. The molecule has 5 heteroatoms. The minimum atomic E-state index is 0.518. The van der Waals surface area contributed by atoms with Gasteiger partial charge in [0.25, 0.3) is 0 Å². The summed E-state index contributed by atoms with van der Waals surface area (Å²) < 4.78 is 1.39. The molecule has 24 heavy (non-hydrogen) atoms. The number of aromatic nitrogens is 2. The minimum Gasteiger partial charge on any atom is -0.355 e. The first-order valence-corrected chi connectivity index (χ1v) is 9.27. The molecule has 4 rings (SSSR count). The first-order chi connectivity index (χ1) is 11.7. The molecule has 2 aromatic heterocycles. The van der Waals surface area contributed by atoms with Gasteiger partial charge in [-0.25, -0.2) is 9.97 Å². The van der Waals surface area contributed by atoms with Crippen LogP contribution < -0.4 is 4.90 Å². The second kappa shape index (κ2) is 6.49. The number of rotatable bonds is 4. The number of hydrogen-bond acceptors (Lipinski definition) is 5. The Bertz CT molecular complexity index is 844. The first kappa shape index (κ1) is 15.5. The fraction of sp³-hybridized carbons (Fsp3) is 0.368. The van der Waals surface area contributed by atoms with Crippen LogP contribution in [0.3, 0.4) is 0 Å². The molecule has 0 bridgehead atoms. The van der Waals surface area contributed by atoms with E-state index in [0.717, 1.165) is 31.1 Å². The zero-order valence-corrected chi connectivity index (χ0v) is 15.0. The van der Waals surface area contributed by atoms with E-state index in [1.54, 1.807) is 6.33 Å². The molecule has 0 spiro atoms. The molecule has 1 saturated heterocycles. The Morgan fingerprint density at radius 2 is 2.17 bits per heavy atom. The lowest BCUT2D eigenvalue weighted by Gasteiger charge is -2.26. The number of benzene rings is 1. The van der Waals surface area contributed by atoms with Crippen molar-refractivity contribution in [1.29, 1.82) is 0 Å². The van der Waals surface area contributed by atoms with Gasteiger partial charge in [-0.15, -0.1) is 11.3 Å². The Hall–Kier alpha value is -1.98. The van der Waals surface area contributed by atoms with Crippen molar-refractivity contribution in [2.45, 2.75) is 25.9 Å². The highest BCUT2D eigenvalue weighted by Crippen LogP contribution is 2.28. The third-order valence-corrected chi connectivity index (χ3v) is 5.91. The van der Waals surface area contributed by atoms with E-state index >= 15 is 0 Å². The van der Waals surface area contributed by atoms with Crippen molar-refractivity contribution in [2.24, 2.45) is 0 Å². The maximum absolute atomic E-state index is 4.42. The van der Waals surface area contributed by atoms with E-state index in [2.05, 4.69) is 62.5 Å². The molecule has 0 aliphatic carbocycles. The summed E-state index contributed by atoms with van der Waals surface area (Å²) in [5.41, 5.74) is 2.48. The van der Waals surface area contributed by atoms with Gasteiger partial charge in [0.05, 0.1) is 0 Å². The molecule has 1 atom stereocenters. The summed E-state index contributed by atoms with van der Waals surface area (Å²) in [6.45, 7) is 5.28. The largest absolute Gasteiger partial charge is 0.355 e. The minimum absolute atomic E-state index is 0.518. The Morgan fingerprint density at radius 3 is 3.04 bits per heavy atom. The van der Waals surface area contributed by atoms with Gasteiger partial charge < -0.3 is 4.90 Å². The van der Waals surface area contributed by atoms with Crippen LogP contribution in [-0.4, -0.2) is 41.0 Å². The van der Waals surface area contributed by atoms with Crippen molar-refractivity contribution in [3.05, 3.63) is 53.3 Å². The van der Waals surface area contributed by atoms with Crippen LogP contribution in [0.5, 0.6) is 0 Å². The molecule has 1 aromatic carbocycles. The number of likely N-dealkylation sites (tertiary alicyclic amines) is 1. The number of nitrogens with zero attached hydrogens (tertiary/aromatic N) is 4. The monoisotopic (exact) mass is 338 g/mol. The zero-order chi connectivity index (χ0) is 16.5. The number of anilines is 1. The van der Waals surface area contributed by atoms with Crippen molar-refractivity contribution in [3.8, 4) is 0 Å². The molecular formula is C19H22N4S. The fourth-order valence-electron chi connectivity index (χ4n) is 3.49. The second-order valence-corrected chi connectivity index (χ2v) is 7.47. The van der Waals surface area contributed by atoms with Crippen LogP contribution in [0.25, 0.3) is 10.1 Å². The molecule has 0 N–H and O–H groups in total. The Morgan fingerprint density at radius 1 is 1.29 bits per heavy atom. The molecule has 1 aliphatic rings. The average molecular weight is 338 g/mol. The lowest BCUT2D eigenvalue weighted by molar-refractivity contribution is 0.327. The predicted molar refractivity (Wildman–Crippen MR) is 101 cm³/mol. The van der Waals surface area contributed by atoms with Crippen LogP contribution >= 0.6 is 11.3 Å². The number of hydrogen-bond donors (Lipinski definition) is 0. The molecular weight excluding hydrogens is 316 g/mol. The number of aryl methyl sites for hydroxylation is 1. The van der Waals surface area contributed by atoms with Gasteiger partial charge >= 0.3 is 0 Å². The molecule has 1 unspecified atom stereocenters. The van der Waals surface area contributed by atoms with Crippen LogP contribution in [-0.2, 0) is 6.54 Å². The molecule has 1 aliphatic heterocycles. The molecule has 4 nitrogen and oxygen atoms in total. The van der Waals surface area contributed by atoms with Crippen LogP contribution in [0.4, 0.5) is 5.82 Å². The van der Waals surface area contributed by atoms with Crippen molar-refractivity contribution in [2.75, 3.05) is 25.0 Å². The number of likely N-dealkylation sites (N-methyl/N-ethyl adjacent to an activating group) is 1. The highest BCUT2D eigenvalue weighted by molar-refractivity contribution is 7.17. The normalized spacial score (nSPS) is 18.3. The summed E-state index contributed by atoms with van der Waals surface area (Å²) in [5, 5.41) is 3.72. The molecule has 3 heterocycles. The Kier molecular flexibility index (Phi) is 4.21. The summed E-state index contributed by atoms with van der Waals surface area (Å²) in [5.74, 6) is 1.02. The summed E-state index contributed by atoms with van der Waals surface area (Å²) in [4.78, 5) is 13.5. The summed E-state index contributed by atoms with van der Waals surface area (Å²) in [6.07, 6.45) is 2.84. The van der Waals surface area contributed by atoms with Gasteiger partial charge in [-0.1, -0.05) is 18.2 Å². The van der Waals surface area contributed by atoms with E-state index in [9.17, 15) is 0 Å². The second-order valence-electron chi connectivity index (χ2n) is 6.56. The van der Waals surface area contributed by atoms with E-state index in [4.69, 9.17) is 0 Å².